The van der Waals surface area contributed by atoms with Crippen molar-refractivity contribution in [2.24, 2.45) is 11.8 Å². The predicted octanol–water partition coefficient (Wildman–Crippen LogP) is 4.34. The first-order valence-electron chi connectivity index (χ1n) is 11.0. The Morgan fingerprint density at radius 1 is 1.07 bits per heavy atom. The normalized spacial score (nSPS) is 28.1. The van der Waals surface area contributed by atoms with Gasteiger partial charge in [-0.2, -0.15) is 0 Å². The summed E-state index contributed by atoms with van der Waals surface area (Å²) in [5.41, 5.74) is 1.33. The van der Waals surface area contributed by atoms with Crippen molar-refractivity contribution in [3.63, 3.8) is 0 Å². The lowest BCUT2D eigenvalue weighted by Gasteiger charge is -2.37. The lowest BCUT2D eigenvalue weighted by Crippen LogP contribution is -2.43. The third kappa shape index (κ3) is 6.58. The first-order chi connectivity index (χ1) is 13.2. The zero-order valence-electron chi connectivity index (χ0n) is 17.5. The van der Waals surface area contributed by atoms with Crippen molar-refractivity contribution in [2.45, 2.75) is 70.0 Å². The molecule has 6 heteroatoms. The van der Waals surface area contributed by atoms with Gasteiger partial charge in [0.25, 0.3) is 0 Å². The van der Waals surface area contributed by atoms with Crippen molar-refractivity contribution < 1.29 is 4.79 Å². The standard InChI is InChI=1S/C23H35N3O.2ClH/c1-17-9-11-26(12-10-17)22(19-5-3-2-4-6-19)16-24-23(27)15-18-13-20-7-8-21(14-18)25-20;;/h2-6,17-18,20-22,25H,7-16H2,1H3,(H,24,27);2*1H. The van der Waals surface area contributed by atoms with Gasteiger partial charge in [0.15, 0.2) is 0 Å². The van der Waals surface area contributed by atoms with Gasteiger partial charge in [0.2, 0.25) is 5.91 Å². The number of nitrogens with one attached hydrogen (secondary N) is 2. The van der Waals surface area contributed by atoms with Gasteiger partial charge in [0.05, 0.1) is 6.04 Å². The Kier molecular flexibility index (Phi) is 9.74. The van der Waals surface area contributed by atoms with E-state index in [1.54, 1.807) is 0 Å². The lowest BCUT2D eigenvalue weighted by atomic mass is 9.89. The summed E-state index contributed by atoms with van der Waals surface area (Å²) in [6.45, 7) is 5.35. The predicted molar refractivity (Wildman–Crippen MR) is 124 cm³/mol. The maximum absolute atomic E-state index is 12.7. The molecule has 0 saturated carbocycles. The van der Waals surface area contributed by atoms with Gasteiger partial charge in [-0.15, -0.1) is 24.8 Å². The van der Waals surface area contributed by atoms with E-state index < -0.39 is 0 Å². The molecule has 3 atom stereocenters. The molecule has 164 valence electrons. The summed E-state index contributed by atoms with van der Waals surface area (Å²) in [5, 5.41) is 6.96. The van der Waals surface area contributed by atoms with Crippen LogP contribution in [0.15, 0.2) is 30.3 Å². The molecule has 2 N–H and O–H groups in total. The fourth-order valence-corrected chi connectivity index (χ4v) is 5.36. The Bertz CT molecular complexity index is 610. The quantitative estimate of drug-likeness (QED) is 0.689. The number of benzene rings is 1. The average molecular weight is 442 g/mol. The highest BCUT2D eigenvalue weighted by Crippen LogP contribution is 2.32. The summed E-state index contributed by atoms with van der Waals surface area (Å²) >= 11 is 0. The summed E-state index contributed by atoms with van der Waals surface area (Å²) in [6, 6.07) is 12.3. The summed E-state index contributed by atoms with van der Waals surface area (Å²) in [6.07, 6.45) is 8.17. The molecule has 0 spiro atoms. The first kappa shape index (κ1) is 24.5. The maximum atomic E-state index is 12.7. The molecule has 2 bridgehead atoms. The zero-order valence-corrected chi connectivity index (χ0v) is 19.1. The number of amides is 1. The van der Waals surface area contributed by atoms with E-state index in [9.17, 15) is 4.79 Å². The average Bonchev–Trinajstić information content (AvgIpc) is 3.02. The second-order valence-electron chi connectivity index (χ2n) is 9.13. The number of piperidine rings is 2. The molecule has 0 aliphatic carbocycles. The van der Waals surface area contributed by atoms with Crippen LogP contribution in [0.4, 0.5) is 0 Å². The van der Waals surface area contributed by atoms with Crippen LogP contribution in [0.3, 0.4) is 0 Å². The number of nitrogens with zero attached hydrogens (tertiary/aromatic N) is 1. The molecular weight excluding hydrogens is 405 g/mol. The minimum absolute atomic E-state index is 0. The van der Waals surface area contributed by atoms with Crippen molar-refractivity contribution in [1.82, 2.24) is 15.5 Å². The molecule has 3 unspecified atom stereocenters. The van der Waals surface area contributed by atoms with Gasteiger partial charge in [-0.25, -0.2) is 0 Å². The highest BCUT2D eigenvalue weighted by atomic mass is 35.5. The highest BCUT2D eigenvalue weighted by molar-refractivity contribution is 5.85. The molecule has 29 heavy (non-hydrogen) atoms. The van der Waals surface area contributed by atoms with E-state index in [1.807, 2.05) is 0 Å². The van der Waals surface area contributed by atoms with Crippen LogP contribution < -0.4 is 10.6 Å². The van der Waals surface area contributed by atoms with Gasteiger partial charge in [0, 0.05) is 25.0 Å². The Hall–Kier alpha value is -0.810. The number of rotatable bonds is 6. The number of hydrogen-bond donors (Lipinski definition) is 2. The van der Waals surface area contributed by atoms with Crippen LogP contribution in [-0.2, 0) is 4.79 Å². The molecule has 0 aromatic heterocycles. The van der Waals surface area contributed by atoms with Crippen LogP contribution in [0.25, 0.3) is 0 Å². The minimum Gasteiger partial charge on any atom is -0.354 e. The second-order valence-corrected chi connectivity index (χ2v) is 9.13. The van der Waals surface area contributed by atoms with Crippen molar-refractivity contribution in [1.29, 1.82) is 0 Å². The SMILES string of the molecule is CC1CCN(C(CNC(=O)CC2CC3CCC(C2)N3)c2ccccc2)CC1.Cl.Cl. The van der Waals surface area contributed by atoms with Crippen LogP contribution in [0.5, 0.6) is 0 Å². The van der Waals surface area contributed by atoms with E-state index in [0.717, 1.165) is 25.6 Å². The lowest BCUT2D eigenvalue weighted by molar-refractivity contribution is -0.122. The summed E-state index contributed by atoms with van der Waals surface area (Å²) in [7, 11) is 0. The zero-order chi connectivity index (χ0) is 18.6. The molecule has 1 aromatic carbocycles. The van der Waals surface area contributed by atoms with E-state index in [1.165, 1.54) is 44.1 Å². The fraction of sp³-hybridized carbons (Fsp3) is 0.696. The van der Waals surface area contributed by atoms with Gasteiger partial charge < -0.3 is 10.6 Å². The molecule has 3 saturated heterocycles. The first-order valence-corrected chi connectivity index (χ1v) is 11.0. The number of carbonyl (C=O) groups excluding carboxylic acids is 1. The third-order valence-corrected chi connectivity index (χ3v) is 6.98. The van der Waals surface area contributed by atoms with Crippen LogP contribution in [-0.4, -0.2) is 42.5 Å². The van der Waals surface area contributed by atoms with Gasteiger partial charge in [0.1, 0.15) is 0 Å². The third-order valence-electron chi connectivity index (χ3n) is 6.98. The summed E-state index contributed by atoms with van der Waals surface area (Å²) in [5.74, 6) is 1.63. The van der Waals surface area contributed by atoms with Crippen molar-refractivity contribution in [2.75, 3.05) is 19.6 Å². The Balaban J connectivity index is 0.00000150. The van der Waals surface area contributed by atoms with E-state index in [-0.39, 0.29) is 30.7 Å². The van der Waals surface area contributed by atoms with Gasteiger partial charge in [-0.05, 0) is 69.0 Å². The van der Waals surface area contributed by atoms with Crippen LogP contribution in [0.2, 0.25) is 0 Å². The highest BCUT2D eigenvalue weighted by Gasteiger charge is 2.34. The van der Waals surface area contributed by atoms with Crippen molar-refractivity contribution >= 4 is 30.7 Å². The summed E-state index contributed by atoms with van der Waals surface area (Å²) in [4.78, 5) is 15.2. The van der Waals surface area contributed by atoms with E-state index in [4.69, 9.17) is 0 Å². The van der Waals surface area contributed by atoms with Crippen LogP contribution in [0, 0.1) is 11.8 Å². The minimum atomic E-state index is 0. The molecule has 4 nitrogen and oxygen atoms in total. The molecular formula is C23H37Cl2N3O. The topological polar surface area (TPSA) is 44.4 Å². The second kappa shape index (κ2) is 11.5. The van der Waals surface area contributed by atoms with Crippen molar-refractivity contribution in [3.05, 3.63) is 35.9 Å². The number of hydrogen-bond acceptors (Lipinski definition) is 3. The number of carbonyl (C=O) groups is 1. The van der Waals surface area contributed by atoms with Crippen molar-refractivity contribution in [3.8, 4) is 0 Å². The van der Waals surface area contributed by atoms with E-state index in [2.05, 4.69) is 52.8 Å². The van der Waals surface area contributed by atoms with Crippen LogP contribution >= 0.6 is 24.8 Å². The Morgan fingerprint density at radius 3 is 2.31 bits per heavy atom. The molecule has 0 radical (unpaired) electrons. The van der Waals surface area contributed by atoms with E-state index >= 15 is 0 Å². The Morgan fingerprint density at radius 2 is 1.69 bits per heavy atom. The number of likely N-dealkylation sites (tertiary alicyclic amines) is 1. The molecule has 1 aromatic rings. The molecule has 3 aliphatic heterocycles. The molecule has 1 amide bonds. The fourth-order valence-electron chi connectivity index (χ4n) is 5.36. The number of halogens is 2. The molecule has 3 aliphatic rings. The van der Waals surface area contributed by atoms with E-state index in [0.29, 0.717) is 30.5 Å². The van der Waals surface area contributed by atoms with Crippen LogP contribution in [0.1, 0.15) is 63.5 Å². The van der Waals surface area contributed by atoms with Gasteiger partial charge in [-0.3, -0.25) is 9.69 Å². The van der Waals surface area contributed by atoms with Gasteiger partial charge in [-0.1, -0.05) is 37.3 Å². The Labute approximate surface area is 188 Å². The van der Waals surface area contributed by atoms with Gasteiger partial charge >= 0.3 is 0 Å². The molecule has 3 heterocycles. The maximum Gasteiger partial charge on any atom is 0.220 e. The molecule has 3 fully saturated rings. The smallest absolute Gasteiger partial charge is 0.220 e. The summed E-state index contributed by atoms with van der Waals surface area (Å²) < 4.78 is 0. The number of fused-ring (bicyclic) bond motifs is 2. The largest absolute Gasteiger partial charge is 0.354 e. The monoisotopic (exact) mass is 441 g/mol. The molecule has 4 rings (SSSR count).